The molecular formula is C28H29NO4. The number of nitrogens with zero attached hydrogens (tertiary/aromatic N) is 1. The van der Waals surface area contributed by atoms with Gasteiger partial charge in [0.25, 0.3) is 11.7 Å². The highest BCUT2D eigenvalue weighted by atomic mass is 16.3. The fourth-order valence-corrected chi connectivity index (χ4v) is 4.23. The summed E-state index contributed by atoms with van der Waals surface area (Å²) < 4.78 is 5.88. The Hall–Kier alpha value is -3.60. The molecule has 1 aromatic heterocycles. The summed E-state index contributed by atoms with van der Waals surface area (Å²) in [6.07, 6.45) is 0. The molecule has 1 amide bonds. The van der Waals surface area contributed by atoms with Gasteiger partial charge in [-0.3, -0.25) is 14.5 Å². The Balaban J connectivity index is 1.97. The fourth-order valence-electron chi connectivity index (χ4n) is 4.23. The molecule has 1 unspecified atom stereocenters. The van der Waals surface area contributed by atoms with Gasteiger partial charge >= 0.3 is 0 Å². The van der Waals surface area contributed by atoms with Gasteiger partial charge in [-0.25, -0.2) is 0 Å². The second-order valence-electron chi connectivity index (χ2n) is 9.74. The molecule has 5 heteroatoms. The molecule has 0 radical (unpaired) electrons. The van der Waals surface area contributed by atoms with Crippen molar-refractivity contribution in [2.45, 2.75) is 53.0 Å². The number of hydrogen-bond donors (Lipinski definition) is 1. The molecule has 4 rings (SSSR count). The number of hydrogen-bond acceptors (Lipinski definition) is 4. The van der Waals surface area contributed by atoms with E-state index < -0.39 is 17.7 Å². The van der Waals surface area contributed by atoms with E-state index in [-0.39, 0.29) is 16.7 Å². The van der Waals surface area contributed by atoms with Crippen LogP contribution in [0.2, 0.25) is 0 Å². The lowest BCUT2D eigenvalue weighted by Gasteiger charge is -2.24. The van der Waals surface area contributed by atoms with Crippen LogP contribution in [0.3, 0.4) is 0 Å². The van der Waals surface area contributed by atoms with E-state index in [2.05, 4.69) is 20.8 Å². The van der Waals surface area contributed by atoms with Gasteiger partial charge < -0.3 is 9.52 Å². The average molecular weight is 444 g/mol. The third-order valence-corrected chi connectivity index (χ3v) is 6.11. The van der Waals surface area contributed by atoms with Crippen molar-refractivity contribution in [3.05, 3.63) is 93.9 Å². The highest BCUT2D eigenvalue weighted by molar-refractivity contribution is 6.51. The molecule has 0 aliphatic carbocycles. The number of furan rings is 1. The van der Waals surface area contributed by atoms with E-state index in [4.69, 9.17) is 4.42 Å². The molecule has 0 bridgehead atoms. The number of anilines is 1. The van der Waals surface area contributed by atoms with E-state index in [1.54, 1.807) is 25.1 Å². The van der Waals surface area contributed by atoms with E-state index in [1.807, 2.05) is 50.2 Å². The van der Waals surface area contributed by atoms with Crippen LogP contribution in [0, 0.1) is 20.8 Å². The number of carbonyl (C=O) groups is 2. The maximum atomic E-state index is 13.3. The third-order valence-electron chi connectivity index (χ3n) is 6.11. The molecule has 170 valence electrons. The van der Waals surface area contributed by atoms with Crippen LogP contribution in [0.5, 0.6) is 0 Å². The summed E-state index contributed by atoms with van der Waals surface area (Å²) in [5, 5.41) is 11.5. The van der Waals surface area contributed by atoms with Crippen LogP contribution in [0.15, 0.2) is 64.6 Å². The SMILES string of the molecule is Cc1cccc(N2C(=O)C(=O)/C(=C(/O)c3cc(C(C)(C)C)ccc3C)C2c2ccc(C)o2)c1. The summed E-state index contributed by atoms with van der Waals surface area (Å²) in [5.41, 5.74) is 3.80. The standard InChI is InChI=1S/C28H29NO4/c1-16-8-7-9-20(14-16)29-24(22-13-11-18(3)33-22)23(26(31)27(29)32)25(30)21-15-19(28(4,5)6)12-10-17(21)2/h7-15,24,30H,1-6H3/b25-23+. The van der Waals surface area contributed by atoms with Crippen molar-refractivity contribution in [1.29, 1.82) is 0 Å². The Morgan fingerprint density at radius 3 is 2.30 bits per heavy atom. The van der Waals surface area contributed by atoms with Crippen LogP contribution in [0.25, 0.3) is 5.76 Å². The fraction of sp³-hybridized carbons (Fsp3) is 0.286. The van der Waals surface area contributed by atoms with Crippen molar-refractivity contribution in [2.24, 2.45) is 0 Å². The predicted octanol–water partition coefficient (Wildman–Crippen LogP) is 6.13. The van der Waals surface area contributed by atoms with Gasteiger partial charge in [-0.2, -0.15) is 0 Å². The number of benzene rings is 2. The molecule has 1 saturated heterocycles. The zero-order valence-electron chi connectivity index (χ0n) is 19.9. The van der Waals surface area contributed by atoms with E-state index in [9.17, 15) is 14.7 Å². The molecule has 5 nitrogen and oxygen atoms in total. The summed E-state index contributed by atoms with van der Waals surface area (Å²) in [6.45, 7) is 11.9. The van der Waals surface area contributed by atoms with Crippen molar-refractivity contribution in [3.63, 3.8) is 0 Å². The molecule has 3 aromatic rings. The minimum Gasteiger partial charge on any atom is -0.507 e. The van der Waals surface area contributed by atoms with Crippen molar-refractivity contribution >= 4 is 23.1 Å². The predicted molar refractivity (Wildman–Crippen MR) is 129 cm³/mol. The van der Waals surface area contributed by atoms with Crippen LogP contribution in [-0.4, -0.2) is 16.8 Å². The van der Waals surface area contributed by atoms with Gasteiger partial charge in [-0.1, -0.05) is 45.0 Å². The summed E-state index contributed by atoms with van der Waals surface area (Å²) in [5.74, 6) is -0.518. The lowest BCUT2D eigenvalue weighted by molar-refractivity contribution is -0.132. The Labute approximate surface area is 194 Å². The average Bonchev–Trinajstić information content (AvgIpc) is 3.28. The largest absolute Gasteiger partial charge is 0.507 e. The summed E-state index contributed by atoms with van der Waals surface area (Å²) in [7, 11) is 0. The summed E-state index contributed by atoms with van der Waals surface area (Å²) in [4.78, 5) is 28.0. The van der Waals surface area contributed by atoms with Crippen LogP contribution in [0.4, 0.5) is 5.69 Å². The first kappa shape index (κ1) is 22.6. The van der Waals surface area contributed by atoms with E-state index in [1.165, 1.54) is 4.90 Å². The van der Waals surface area contributed by atoms with Gasteiger partial charge in [0.2, 0.25) is 0 Å². The number of aryl methyl sites for hydroxylation is 3. The number of Topliss-reactive ketones (excluding diaryl/α,β-unsaturated/α-hetero) is 1. The minimum atomic E-state index is -0.863. The second-order valence-corrected chi connectivity index (χ2v) is 9.74. The topological polar surface area (TPSA) is 70.8 Å². The number of amides is 1. The van der Waals surface area contributed by atoms with Crippen molar-refractivity contribution in [2.75, 3.05) is 4.90 Å². The normalized spacial score (nSPS) is 18.2. The molecule has 1 atom stereocenters. The highest BCUT2D eigenvalue weighted by Gasteiger charge is 2.48. The Morgan fingerprint density at radius 2 is 1.70 bits per heavy atom. The number of rotatable bonds is 3. The number of carbonyl (C=O) groups excluding carboxylic acids is 2. The number of aliphatic hydroxyl groups is 1. The molecule has 2 aromatic carbocycles. The quantitative estimate of drug-likeness (QED) is 0.300. The van der Waals surface area contributed by atoms with Gasteiger partial charge in [-0.05, 0) is 73.2 Å². The van der Waals surface area contributed by atoms with Crippen molar-refractivity contribution in [3.8, 4) is 0 Å². The monoisotopic (exact) mass is 443 g/mol. The van der Waals surface area contributed by atoms with Crippen LogP contribution < -0.4 is 4.90 Å². The molecular weight excluding hydrogens is 414 g/mol. The van der Waals surface area contributed by atoms with Crippen LogP contribution in [0.1, 0.15) is 60.6 Å². The van der Waals surface area contributed by atoms with Gasteiger partial charge in [0, 0.05) is 11.3 Å². The summed E-state index contributed by atoms with van der Waals surface area (Å²) in [6, 6.07) is 15.9. The Kier molecular flexibility index (Phi) is 5.52. The van der Waals surface area contributed by atoms with E-state index in [0.29, 0.717) is 22.8 Å². The van der Waals surface area contributed by atoms with E-state index in [0.717, 1.165) is 16.7 Å². The van der Waals surface area contributed by atoms with Gasteiger partial charge in [0.15, 0.2) is 0 Å². The lowest BCUT2D eigenvalue weighted by atomic mass is 9.84. The van der Waals surface area contributed by atoms with Crippen molar-refractivity contribution in [1.82, 2.24) is 0 Å². The van der Waals surface area contributed by atoms with Gasteiger partial charge in [-0.15, -0.1) is 0 Å². The van der Waals surface area contributed by atoms with Crippen molar-refractivity contribution < 1.29 is 19.1 Å². The first-order valence-corrected chi connectivity index (χ1v) is 11.0. The highest BCUT2D eigenvalue weighted by Crippen LogP contribution is 2.43. The Bertz CT molecular complexity index is 1290. The molecule has 0 spiro atoms. The zero-order chi connectivity index (χ0) is 24.1. The lowest BCUT2D eigenvalue weighted by Crippen LogP contribution is -2.29. The van der Waals surface area contributed by atoms with Gasteiger partial charge in [0.1, 0.15) is 23.3 Å². The van der Waals surface area contributed by atoms with Crippen LogP contribution >= 0.6 is 0 Å². The molecule has 1 aliphatic heterocycles. The maximum absolute atomic E-state index is 13.3. The second kappa shape index (κ2) is 8.07. The van der Waals surface area contributed by atoms with Gasteiger partial charge in [0.05, 0.1) is 5.57 Å². The molecule has 0 saturated carbocycles. The maximum Gasteiger partial charge on any atom is 0.300 e. The zero-order valence-corrected chi connectivity index (χ0v) is 19.9. The molecule has 2 heterocycles. The number of ketones is 1. The molecule has 33 heavy (non-hydrogen) atoms. The number of aliphatic hydroxyl groups excluding tert-OH is 1. The first-order chi connectivity index (χ1) is 15.5. The summed E-state index contributed by atoms with van der Waals surface area (Å²) >= 11 is 0. The smallest absolute Gasteiger partial charge is 0.300 e. The third kappa shape index (κ3) is 3.99. The van der Waals surface area contributed by atoms with Crippen LogP contribution in [-0.2, 0) is 15.0 Å². The molecule has 1 N–H and O–H groups in total. The minimum absolute atomic E-state index is 0.0324. The van der Waals surface area contributed by atoms with E-state index >= 15 is 0 Å². The first-order valence-electron chi connectivity index (χ1n) is 11.0. The Morgan fingerprint density at radius 1 is 0.970 bits per heavy atom. The molecule has 1 aliphatic rings. The molecule has 1 fully saturated rings.